The van der Waals surface area contributed by atoms with E-state index in [1.54, 1.807) is 6.07 Å². The Morgan fingerprint density at radius 1 is 1.38 bits per heavy atom. The van der Waals surface area contributed by atoms with Gasteiger partial charge < -0.3 is 10.1 Å². The highest BCUT2D eigenvalue weighted by molar-refractivity contribution is 7.89. The third-order valence-electron chi connectivity index (χ3n) is 3.29. The standard InChI is InChI=1S/C13H18N4O3S/c14-10-11-9-12(21(15,18)19)1-2-13(11)16-3-4-17-5-7-20-8-6-17/h1-2,9,16H,3-8H2,(H2,15,18,19). The maximum atomic E-state index is 11.3. The fourth-order valence-electron chi connectivity index (χ4n) is 2.12. The van der Waals surface area contributed by atoms with Gasteiger partial charge in [-0.15, -0.1) is 0 Å². The van der Waals surface area contributed by atoms with Gasteiger partial charge in [0, 0.05) is 26.2 Å². The minimum atomic E-state index is -3.79. The van der Waals surface area contributed by atoms with E-state index >= 15 is 0 Å². The Morgan fingerprint density at radius 2 is 2.10 bits per heavy atom. The largest absolute Gasteiger partial charge is 0.383 e. The van der Waals surface area contributed by atoms with Crippen LogP contribution in [0.25, 0.3) is 0 Å². The molecule has 114 valence electrons. The Labute approximate surface area is 124 Å². The highest BCUT2D eigenvalue weighted by Crippen LogP contribution is 2.18. The van der Waals surface area contributed by atoms with Gasteiger partial charge in [0.1, 0.15) is 6.07 Å². The molecule has 7 nitrogen and oxygen atoms in total. The summed E-state index contributed by atoms with van der Waals surface area (Å²) in [6.07, 6.45) is 0. The third kappa shape index (κ3) is 4.41. The molecule has 1 fully saturated rings. The molecule has 3 N–H and O–H groups in total. The fourth-order valence-corrected chi connectivity index (χ4v) is 2.66. The van der Waals surface area contributed by atoms with E-state index in [4.69, 9.17) is 15.1 Å². The second-order valence-electron chi connectivity index (χ2n) is 4.74. The molecule has 1 aliphatic heterocycles. The number of hydrogen-bond acceptors (Lipinski definition) is 6. The van der Waals surface area contributed by atoms with Crippen molar-refractivity contribution >= 4 is 15.7 Å². The highest BCUT2D eigenvalue weighted by Gasteiger charge is 2.12. The van der Waals surface area contributed by atoms with Crippen LogP contribution >= 0.6 is 0 Å². The Kier molecular flexibility index (Phi) is 5.14. The molecule has 2 rings (SSSR count). The maximum Gasteiger partial charge on any atom is 0.238 e. The number of benzene rings is 1. The predicted octanol–water partition coefficient (Wildman–Crippen LogP) is -0.0502. The van der Waals surface area contributed by atoms with E-state index in [-0.39, 0.29) is 10.5 Å². The molecule has 0 amide bonds. The number of rotatable bonds is 5. The lowest BCUT2D eigenvalue weighted by molar-refractivity contribution is 0.0398. The number of nitrogens with one attached hydrogen (secondary N) is 1. The Morgan fingerprint density at radius 3 is 2.71 bits per heavy atom. The smallest absolute Gasteiger partial charge is 0.238 e. The minimum absolute atomic E-state index is 0.0576. The zero-order valence-corrected chi connectivity index (χ0v) is 12.4. The van der Waals surface area contributed by atoms with Gasteiger partial charge in [-0.2, -0.15) is 5.26 Å². The summed E-state index contributed by atoms with van der Waals surface area (Å²) in [6, 6.07) is 6.23. The van der Waals surface area contributed by atoms with Crippen LogP contribution in [0.4, 0.5) is 5.69 Å². The number of sulfonamides is 1. The number of nitrogens with two attached hydrogens (primary N) is 1. The summed E-state index contributed by atoms with van der Waals surface area (Å²) in [4.78, 5) is 2.21. The van der Waals surface area contributed by atoms with E-state index in [0.717, 1.165) is 32.8 Å². The first-order valence-corrected chi connectivity index (χ1v) is 8.16. The van der Waals surface area contributed by atoms with E-state index in [9.17, 15) is 8.42 Å². The van der Waals surface area contributed by atoms with Gasteiger partial charge in [-0.05, 0) is 18.2 Å². The normalized spacial score (nSPS) is 16.4. The van der Waals surface area contributed by atoms with Gasteiger partial charge >= 0.3 is 0 Å². The molecule has 0 atom stereocenters. The summed E-state index contributed by atoms with van der Waals surface area (Å²) < 4.78 is 27.8. The van der Waals surface area contributed by atoms with Gasteiger partial charge in [0.15, 0.2) is 0 Å². The van der Waals surface area contributed by atoms with E-state index in [1.165, 1.54) is 12.1 Å². The molecule has 21 heavy (non-hydrogen) atoms. The molecular formula is C13H18N4O3S. The summed E-state index contributed by atoms with van der Waals surface area (Å²) >= 11 is 0. The number of hydrogen-bond donors (Lipinski definition) is 2. The molecule has 0 radical (unpaired) electrons. The summed E-state index contributed by atoms with van der Waals surface area (Å²) in [5.74, 6) is 0. The zero-order chi connectivity index (χ0) is 15.3. The predicted molar refractivity (Wildman–Crippen MR) is 78.3 cm³/mol. The van der Waals surface area contributed by atoms with Crippen molar-refractivity contribution in [2.45, 2.75) is 4.90 Å². The van der Waals surface area contributed by atoms with Crippen LogP contribution in [0.15, 0.2) is 23.1 Å². The molecule has 1 saturated heterocycles. The Balaban J connectivity index is 1.98. The summed E-state index contributed by atoms with van der Waals surface area (Å²) in [5, 5.41) is 17.3. The number of anilines is 1. The molecule has 0 aliphatic carbocycles. The summed E-state index contributed by atoms with van der Waals surface area (Å²) in [7, 11) is -3.79. The van der Waals surface area contributed by atoms with Crippen molar-refractivity contribution in [1.29, 1.82) is 5.26 Å². The van der Waals surface area contributed by atoms with Crippen LogP contribution in [0.1, 0.15) is 5.56 Å². The second kappa shape index (κ2) is 6.87. The molecule has 0 saturated carbocycles. The monoisotopic (exact) mass is 310 g/mol. The van der Waals surface area contributed by atoms with Crippen molar-refractivity contribution in [2.24, 2.45) is 5.14 Å². The molecule has 0 aromatic heterocycles. The van der Waals surface area contributed by atoms with Crippen molar-refractivity contribution in [2.75, 3.05) is 44.7 Å². The lowest BCUT2D eigenvalue weighted by Crippen LogP contribution is -2.39. The van der Waals surface area contributed by atoms with Crippen molar-refractivity contribution in [3.8, 4) is 6.07 Å². The zero-order valence-electron chi connectivity index (χ0n) is 11.6. The number of primary sulfonamides is 1. The van der Waals surface area contributed by atoms with E-state index < -0.39 is 10.0 Å². The lowest BCUT2D eigenvalue weighted by atomic mass is 10.2. The molecule has 0 unspecified atom stereocenters. The Bertz CT molecular complexity index is 633. The third-order valence-corrected chi connectivity index (χ3v) is 4.20. The van der Waals surface area contributed by atoms with Gasteiger partial charge in [-0.25, -0.2) is 13.6 Å². The number of nitriles is 1. The second-order valence-corrected chi connectivity index (χ2v) is 6.31. The average molecular weight is 310 g/mol. The van der Waals surface area contributed by atoms with E-state index in [1.807, 2.05) is 6.07 Å². The number of ether oxygens (including phenoxy) is 1. The van der Waals surface area contributed by atoms with Crippen LogP contribution in [0.5, 0.6) is 0 Å². The first-order chi connectivity index (χ1) is 10.0. The van der Waals surface area contributed by atoms with Crippen molar-refractivity contribution in [3.05, 3.63) is 23.8 Å². The molecule has 8 heteroatoms. The minimum Gasteiger partial charge on any atom is -0.383 e. The number of morpholine rings is 1. The van der Waals surface area contributed by atoms with E-state index in [2.05, 4.69) is 10.2 Å². The number of nitrogens with zero attached hydrogens (tertiary/aromatic N) is 2. The molecule has 1 aliphatic rings. The highest BCUT2D eigenvalue weighted by atomic mass is 32.2. The first kappa shape index (κ1) is 15.7. The first-order valence-electron chi connectivity index (χ1n) is 6.61. The molecule has 0 bridgehead atoms. The SMILES string of the molecule is N#Cc1cc(S(N)(=O)=O)ccc1NCCN1CCOCC1. The van der Waals surface area contributed by atoms with Crippen molar-refractivity contribution in [3.63, 3.8) is 0 Å². The molecule has 1 aromatic rings. The topological polar surface area (TPSA) is 108 Å². The van der Waals surface area contributed by atoms with Crippen LogP contribution < -0.4 is 10.5 Å². The quantitative estimate of drug-likeness (QED) is 0.789. The molecule has 0 spiro atoms. The molecule has 1 heterocycles. The van der Waals surface area contributed by atoms with Gasteiger partial charge in [0.2, 0.25) is 10.0 Å². The van der Waals surface area contributed by atoms with Crippen LogP contribution in [0.2, 0.25) is 0 Å². The fraction of sp³-hybridized carbons (Fsp3) is 0.462. The van der Waals surface area contributed by atoms with Crippen molar-refractivity contribution < 1.29 is 13.2 Å². The summed E-state index contributed by atoms with van der Waals surface area (Å²) in [6.45, 7) is 4.79. The van der Waals surface area contributed by atoms with Crippen LogP contribution in [0.3, 0.4) is 0 Å². The van der Waals surface area contributed by atoms with Crippen LogP contribution in [-0.4, -0.2) is 52.7 Å². The average Bonchev–Trinajstić information content (AvgIpc) is 2.47. The molecular weight excluding hydrogens is 292 g/mol. The van der Waals surface area contributed by atoms with Crippen LogP contribution in [0, 0.1) is 11.3 Å². The van der Waals surface area contributed by atoms with Gasteiger partial charge in [0.25, 0.3) is 0 Å². The van der Waals surface area contributed by atoms with Gasteiger partial charge in [-0.1, -0.05) is 0 Å². The Hall–Kier alpha value is -1.66. The summed E-state index contributed by atoms with van der Waals surface area (Å²) in [5.41, 5.74) is 0.877. The van der Waals surface area contributed by atoms with Gasteiger partial charge in [0.05, 0.1) is 29.4 Å². The molecule has 1 aromatic carbocycles. The van der Waals surface area contributed by atoms with Gasteiger partial charge in [-0.3, -0.25) is 4.90 Å². The van der Waals surface area contributed by atoms with Crippen LogP contribution in [-0.2, 0) is 14.8 Å². The maximum absolute atomic E-state index is 11.3. The van der Waals surface area contributed by atoms with Crippen molar-refractivity contribution in [1.82, 2.24) is 4.90 Å². The van der Waals surface area contributed by atoms with E-state index in [0.29, 0.717) is 12.2 Å². The lowest BCUT2D eigenvalue weighted by Gasteiger charge is -2.26.